The number of anilines is 1. The third-order valence-corrected chi connectivity index (χ3v) is 5.56. The smallest absolute Gasteiger partial charge is 0.225 e. The molecule has 0 bridgehead atoms. The molecule has 3 rings (SSSR count). The van der Waals surface area contributed by atoms with Crippen molar-refractivity contribution in [2.24, 2.45) is 5.92 Å². The first-order valence-corrected chi connectivity index (χ1v) is 9.04. The van der Waals surface area contributed by atoms with Crippen LogP contribution in [0.3, 0.4) is 0 Å². The van der Waals surface area contributed by atoms with Crippen molar-refractivity contribution in [1.82, 2.24) is 9.88 Å². The Hall–Kier alpha value is -1.66. The lowest BCUT2D eigenvalue weighted by Crippen LogP contribution is -2.43. The van der Waals surface area contributed by atoms with Crippen LogP contribution in [-0.2, 0) is 4.79 Å². The molecule has 1 aromatic carbocycles. The number of rotatable bonds is 5. The van der Waals surface area contributed by atoms with E-state index in [0.29, 0.717) is 13.1 Å². The van der Waals surface area contributed by atoms with Crippen molar-refractivity contribution < 1.29 is 9.90 Å². The van der Waals surface area contributed by atoms with Crippen molar-refractivity contribution in [3.63, 3.8) is 0 Å². The zero-order valence-electron chi connectivity index (χ0n) is 13.4. The van der Waals surface area contributed by atoms with Crippen LogP contribution in [0, 0.1) is 5.92 Å². The van der Waals surface area contributed by atoms with E-state index in [1.807, 2.05) is 25.1 Å². The van der Waals surface area contributed by atoms with Gasteiger partial charge >= 0.3 is 0 Å². The molecule has 0 atom stereocenters. The predicted octanol–water partition coefficient (Wildman–Crippen LogP) is 2.35. The molecule has 2 aromatic rings. The SMILES string of the molecule is CCN(CCO)C(=O)C1CCN(c2nc3ccccc3s2)CC1. The van der Waals surface area contributed by atoms with Crippen LogP contribution in [-0.4, -0.2) is 53.7 Å². The van der Waals surface area contributed by atoms with Gasteiger partial charge in [-0.2, -0.15) is 0 Å². The predicted molar refractivity (Wildman–Crippen MR) is 93.9 cm³/mol. The summed E-state index contributed by atoms with van der Waals surface area (Å²) < 4.78 is 1.21. The first-order chi connectivity index (χ1) is 11.2. The lowest BCUT2D eigenvalue weighted by Gasteiger charge is -2.33. The van der Waals surface area contributed by atoms with E-state index < -0.39 is 0 Å². The fraction of sp³-hybridized carbons (Fsp3) is 0.529. The Kier molecular flexibility index (Phi) is 5.13. The summed E-state index contributed by atoms with van der Waals surface area (Å²) in [6.07, 6.45) is 1.72. The van der Waals surface area contributed by atoms with E-state index in [9.17, 15) is 4.79 Å². The zero-order chi connectivity index (χ0) is 16.2. The van der Waals surface area contributed by atoms with Crippen molar-refractivity contribution in [1.29, 1.82) is 0 Å². The topological polar surface area (TPSA) is 56.7 Å². The molecule has 1 aromatic heterocycles. The van der Waals surface area contributed by atoms with E-state index in [1.54, 1.807) is 16.2 Å². The van der Waals surface area contributed by atoms with Gasteiger partial charge in [0.1, 0.15) is 0 Å². The number of carbonyl (C=O) groups excluding carboxylic acids is 1. The van der Waals surface area contributed by atoms with Crippen molar-refractivity contribution in [2.75, 3.05) is 37.7 Å². The number of aliphatic hydroxyl groups excluding tert-OH is 1. The van der Waals surface area contributed by atoms with E-state index in [4.69, 9.17) is 10.1 Å². The Balaban J connectivity index is 1.62. The Bertz CT molecular complexity index is 632. The monoisotopic (exact) mass is 333 g/mol. The Morgan fingerprint density at radius 1 is 1.39 bits per heavy atom. The van der Waals surface area contributed by atoms with Crippen LogP contribution in [0.2, 0.25) is 0 Å². The summed E-state index contributed by atoms with van der Waals surface area (Å²) in [7, 11) is 0. The summed E-state index contributed by atoms with van der Waals surface area (Å²) in [6.45, 7) is 4.83. The van der Waals surface area contributed by atoms with Crippen molar-refractivity contribution in [3.05, 3.63) is 24.3 Å². The van der Waals surface area contributed by atoms with Crippen LogP contribution >= 0.6 is 11.3 Å². The van der Waals surface area contributed by atoms with Gasteiger partial charge in [0.25, 0.3) is 0 Å². The number of piperidine rings is 1. The number of carbonyl (C=O) groups is 1. The summed E-state index contributed by atoms with van der Waals surface area (Å²) in [5.41, 5.74) is 1.05. The molecule has 0 saturated carbocycles. The van der Waals surface area contributed by atoms with Crippen molar-refractivity contribution in [3.8, 4) is 0 Å². The largest absolute Gasteiger partial charge is 0.395 e. The summed E-state index contributed by atoms with van der Waals surface area (Å²) >= 11 is 1.72. The van der Waals surface area contributed by atoms with Crippen LogP contribution in [0.25, 0.3) is 10.2 Å². The highest BCUT2D eigenvalue weighted by atomic mass is 32.1. The maximum Gasteiger partial charge on any atom is 0.225 e. The summed E-state index contributed by atoms with van der Waals surface area (Å²) in [5, 5.41) is 10.1. The molecular weight excluding hydrogens is 310 g/mol. The number of amides is 1. The number of hydrogen-bond donors (Lipinski definition) is 1. The molecule has 1 saturated heterocycles. The highest BCUT2D eigenvalue weighted by Gasteiger charge is 2.28. The van der Waals surface area contributed by atoms with Gasteiger partial charge in [0.05, 0.1) is 16.8 Å². The van der Waals surface area contributed by atoms with E-state index >= 15 is 0 Å². The lowest BCUT2D eigenvalue weighted by atomic mass is 9.95. The maximum atomic E-state index is 12.5. The number of benzene rings is 1. The molecule has 23 heavy (non-hydrogen) atoms. The minimum Gasteiger partial charge on any atom is -0.395 e. The number of nitrogens with zero attached hydrogens (tertiary/aromatic N) is 3. The van der Waals surface area contributed by atoms with E-state index in [-0.39, 0.29) is 18.4 Å². The third-order valence-electron chi connectivity index (χ3n) is 4.46. The average Bonchev–Trinajstić information content (AvgIpc) is 3.03. The van der Waals surface area contributed by atoms with Gasteiger partial charge < -0.3 is 14.9 Å². The first kappa shape index (κ1) is 16.2. The van der Waals surface area contributed by atoms with Gasteiger partial charge in [-0.25, -0.2) is 4.98 Å². The molecule has 5 nitrogen and oxygen atoms in total. The van der Waals surface area contributed by atoms with Crippen LogP contribution in [0.15, 0.2) is 24.3 Å². The standard InChI is InChI=1S/C17H23N3O2S/c1-2-19(11-12-21)16(22)13-7-9-20(10-8-13)17-18-14-5-3-4-6-15(14)23-17/h3-6,13,21H,2,7-12H2,1H3. The van der Waals surface area contributed by atoms with Crippen LogP contribution in [0.4, 0.5) is 5.13 Å². The first-order valence-electron chi connectivity index (χ1n) is 8.23. The quantitative estimate of drug-likeness (QED) is 0.912. The minimum absolute atomic E-state index is 0.0319. The second-order valence-corrected chi connectivity index (χ2v) is 6.88. The van der Waals surface area contributed by atoms with E-state index in [0.717, 1.165) is 36.6 Å². The molecule has 0 radical (unpaired) electrons. The molecule has 1 N–H and O–H groups in total. The number of thiazole rings is 1. The van der Waals surface area contributed by atoms with E-state index in [2.05, 4.69) is 11.0 Å². The second-order valence-electron chi connectivity index (χ2n) is 5.87. The molecule has 0 aliphatic carbocycles. The zero-order valence-corrected chi connectivity index (χ0v) is 14.3. The van der Waals surface area contributed by atoms with Gasteiger partial charge in [0, 0.05) is 32.1 Å². The fourth-order valence-corrected chi connectivity index (χ4v) is 4.13. The van der Waals surface area contributed by atoms with Crippen LogP contribution in [0.1, 0.15) is 19.8 Å². The second kappa shape index (κ2) is 7.27. The van der Waals surface area contributed by atoms with Crippen LogP contribution in [0.5, 0.6) is 0 Å². The van der Waals surface area contributed by atoms with Crippen molar-refractivity contribution in [2.45, 2.75) is 19.8 Å². The van der Waals surface area contributed by atoms with Gasteiger partial charge in [-0.15, -0.1) is 0 Å². The summed E-state index contributed by atoms with van der Waals surface area (Å²) in [4.78, 5) is 21.2. The molecule has 1 aliphatic rings. The Morgan fingerprint density at radius 2 is 2.13 bits per heavy atom. The van der Waals surface area contributed by atoms with Gasteiger partial charge in [-0.1, -0.05) is 23.5 Å². The maximum absolute atomic E-state index is 12.5. The molecule has 1 aliphatic heterocycles. The number of likely N-dealkylation sites (N-methyl/N-ethyl adjacent to an activating group) is 1. The molecule has 6 heteroatoms. The van der Waals surface area contributed by atoms with Gasteiger partial charge in [-0.3, -0.25) is 4.79 Å². The summed E-state index contributed by atoms with van der Waals surface area (Å²) in [5.74, 6) is 0.262. The number of fused-ring (bicyclic) bond motifs is 1. The number of aliphatic hydroxyl groups is 1. The molecular formula is C17H23N3O2S. The summed E-state index contributed by atoms with van der Waals surface area (Å²) in [6, 6.07) is 8.19. The number of aromatic nitrogens is 1. The highest BCUT2D eigenvalue weighted by Crippen LogP contribution is 2.31. The molecule has 124 valence electrons. The molecule has 0 unspecified atom stereocenters. The number of hydrogen-bond acceptors (Lipinski definition) is 5. The normalized spacial score (nSPS) is 16.0. The Labute approximate surface area is 140 Å². The molecule has 2 heterocycles. The average molecular weight is 333 g/mol. The highest BCUT2D eigenvalue weighted by molar-refractivity contribution is 7.22. The minimum atomic E-state index is 0.0319. The van der Waals surface area contributed by atoms with Gasteiger partial charge in [0.15, 0.2) is 5.13 Å². The van der Waals surface area contributed by atoms with Gasteiger partial charge in [0.2, 0.25) is 5.91 Å². The number of para-hydroxylation sites is 1. The van der Waals surface area contributed by atoms with Gasteiger partial charge in [-0.05, 0) is 31.9 Å². The lowest BCUT2D eigenvalue weighted by molar-refractivity contribution is -0.136. The van der Waals surface area contributed by atoms with Crippen molar-refractivity contribution >= 4 is 32.6 Å². The van der Waals surface area contributed by atoms with E-state index in [1.165, 1.54) is 4.70 Å². The molecule has 1 fully saturated rings. The van der Waals surface area contributed by atoms with Crippen LogP contribution < -0.4 is 4.90 Å². The fourth-order valence-electron chi connectivity index (χ4n) is 3.12. The third kappa shape index (κ3) is 3.48. The molecule has 0 spiro atoms. The molecule has 1 amide bonds. The Morgan fingerprint density at radius 3 is 2.78 bits per heavy atom.